The SMILES string of the molecule is COC(=O)N1CCC(NC(=O)c2sc(-c3ncccn3)nc2C)CC1. The van der Waals surface area contributed by atoms with Crippen LogP contribution in [-0.4, -0.2) is 58.1 Å². The van der Waals surface area contributed by atoms with Crippen LogP contribution in [0.5, 0.6) is 0 Å². The summed E-state index contributed by atoms with van der Waals surface area (Å²) < 4.78 is 4.72. The minimum absolute atomic E-state index is 0.0336. The highest BCUT2D eigenvalue weighted by Crippen LogP contribution is 2.25. The molecule has 3 heterocycles. The molecule has 9 heteroatoms. The van der Waals surface area contributed by atoms with E-state index in [9.17, 15) is 9.59 Å². The summed E-state index contributed by atoms with van der Waals surface area (Å²) in [4.78, 5) is 39.0. The van der Waals surface area contributed by atoms with Crippen LogP contribution in [0.25, 0.3) is 10.8 Å². The number of thiazole rings is 1. The summed E-state index contributed by atoms with van der Waals surface area (Å²) in [7, 11) is 1.37. The van der Waals surface area contributed by atoms with Gasteiger partial charge in [-0.2, -0.15) is 0 Å². The second kappa shape index (κ2) is 7.56. The molecular formula is C16H19N5O3S. The van der Waals surface area contributed by atoms with Gasteiger partial charge in [0.05, 0.1) is 12.8 Å². The van der Waals surface area contributed by atoms with Gasteiger partial charge < -0.3 is 15.0 Å². The minimum atomic E-state index is -0.324. The van der Waals surface area contributed by atoms with E-state index in [4.69, 9.17) is 4.74 Å². The number of carbonyl (C=O) groups excluding carboxylic acids is 2. The van der Waals surface area contributed by atoms with Crippen molar-refractivity contribution in [3.05, 3.63) is 29.0 Å². The van der Waals surface area contributed by atoms with Crippen LogP contribution in [0.4, 0.5) is 4.79 Å². The van der Waals surface area contributed by atoms with Gasteiger partial charge in [-0.05, 0) is 25.8 Å². The van der Waals surface area contributed by atoms with Gasteiger partial charge >= 0.3 is 6.09 Å². The average Bonchev–Trinajstić information content (AvgIpc) is 3.04. The molecule has 3 rings (SSSR count). The Morgan fingerprint density at radius 2 is 1.96 bits per heavy atom. The number of likely N-dealkylation sites (tertiary alicyclic amines) is 1. The lowest BCUT2D eigenvalue weighted by Gasteiger charge is -2.31. The molecule has 25 heavy (non-hydrogen) atoms. The van der Waals surface area contributed by atoms with Crippen molar-refractivity contribution in [3.8, 4) is 10.8 Å². The largest absolute Gasteiger partial charge is 0.453 e. The van der Waals surface area contributed by atoms with Crippen molar-refractivity contribution in [1.29, 1.82) is 0 Å². The number of hydrogen-bond acceptors (Lipinski definition) is 7. The number of nitrogens with zero attached hydrogens (tertiary/aromatic N) is 4. The van der Waals surface area contributed by atoms with Gasteiger partial charge in [-0.1, -0.05) is 0 Å². The molecule has 0 bridgehead atoms. The van der Waals surface area contributed by atoms with Crippen LogP contribution in [0, 0.1) is 6.92 Å². The van der Waals surface area contributed by atoms with Gasteiger partial charge in [0.15, 0.2) is 10.8 Å². The number of aryl methyl sites for hydroxylation is 1. The molecular weight excluding hydrogens is 342 g/mol. The van der Waals surface area contributed by atoms with Crippen LogP contribution in [0.15, 0.2) is 18.5 Å². The fourth-order valence-electron chi connectivity index (χ4n) is 2.70. The van der Waals surface area contributed by atoms with Gasteiger partial charge in [-0.25, -0.2) is 19.7 Å². The highest BCUT2D eigenvalue weighted by atomic mass is 32.1. The number of hydrogen-bond donors (Lipinski definition) is 1. The normalized spacial score (nSPS) is 15.0. The summed E-state index contributed by atoms with van der Waals surface area (Å²) in [5.74, 6) is 0.370. The summed E-state index contributed by atoms with van der Waals surface area (Å²) in [5.41, 5.74) is 0.664. The summed E-state index contributed by atoms with van der Waals surface area (Å²) in [6.45, 7) is 2.95. The third kappa shape index (κ3) is 3.93. The first kappa shape index (κ1) is 17.3. The van der Waals surface area contributed by atoms with Crippen molar-refractivity contribution in [2.75, 3.05) is 20.2 Å². The highest BCUT2D eigenvalue weighted by molar-refractivity contribution is 7.17. The number of aromatic nitrogens is 3. The molecule has 0 unspecified atom stereocenters. The zero-order chi connectivity index (χ0) is 17.8. The fraction of sp³-hybridized carbons (Fsp3) is 0.438. The zero-order valence-corrected chi connectivity index (χ0v) is 14.9. The maximum atomic E-state index is 12.6. The Balaban J connectivity index is 1.63. The maximum absolute atomic E-state index is 12.6. The third-order valence-corrected chi connectivity index (χ3v) is 5.18. The van der Waals surface area contributed by atoms with E-state index in [1.54, 1.807) is 30.3 Å². The van der Waals surface area contributed by atoms with E-state index >= 15 is 0 Å². The molecule has 1 aliphatic heterocycles. The standard InChI is InChI=1S/C16H19N5O3S/c1-10-12(25-15(19-10)13-17-6-3-7-18-13)14(22)20-11-4-8-21(9-5-11)16(23)24-2/h3,6-7,11H,4-5,8-9H2,1-2H3,(H,20,22). The molecule has 2 aromatic heterocycles. The van der Waals surface area contributed by atoms with Crippen LogP contribution in [-0.2, 0) is 4.74 Å². The quantitative estimate of drug-likeness (QED) is 0.896. The van der Waals surface area contributed by atoms with Crippen molar-refractivity contribution in [3.63, 3.8) is 0 Å². The Morgan fingerprint density at radius 3 is 2.60 bits per heavy atom. The van der Waals surface area contributed by atoms with Crippen LogP contribution < -0.4 is 5.32 Å². The smallest absolute Gasteiger partial charge is 0.409 e. The van der Waals surface area contributed by atoms with Crippen LogP contribution >= 0.6 is 11.3 Å². The summed E-state index contributed by atoms with van der Waals surface area (Å²) in [6, 6.07) is 1.77. The van der Waals surface area contributed by atoms with E-state index < -0.39 is 0 Å². The lowest BCUT2D eigenvalue weighted by molar-refractivity contribution is 0.0895. The topological polar surface area (TPSA) is 97.3 Å². The molecule has 0 atom stereocenters. The van der Waals surface area contributed by atoms with Gasteiger partial charge in [0.25, 0.3) is 5.91 Å². The van der Waals surface area contributed by atoms with E-state index in [0.29, 0.717) is 47.3 Å². The van der Waals surface area contributed by atoms with Crippen molar-refractivity contribution in [2.45, 2.75) is 25.8 Å². The Hall–Kier alpha value is -2.55. The molecule has 1 saturated heterocycles. The number of rotatable bonds is 3. The number of carbonyl (C=O) groups is 2. The van der Waals surface area contributed by atoms with Crippen molar-refractivity contribution in [1.82, 2.24) is 25.2 Å². The summed E-state index contributed by atoms with van der Waals surface area (Å²) in [5, 5.41) is 3.66. The Morgan fingerprint density at radius 1 is 1.28 bits per heavy atom. The van der Waals surface area contributed by atoms with Crippen LogP contribution in [0.1, 0.15) is 28.2 Å². The summed E-state index contributed by atoms with van der Waals surface area (Å²) >= 11 is 1.29. The molecule has 2 amide bonds. The first-order chi connectivity index (χ1) is 12.1. The predicted molar refractivity (Wildman–Crippen MR) is 92.3 cm³/mol. The Bertz CT molecular complexity index is 756. The predicted octanol–water partition coefficient (Wildman–Crippen LogP) is 1.87. The monoisotopic (exact) mass is 361 g/mol. The zero-order valence-electron chi connectivity index (χ0n) is 14.1. The van der Waals surface area contributed by atoms with Gasteiger partial charge in [-0.15, -0.1) is 11.3 Å². The molecule has 0 radical (unpaired) electrons. The molecule has 132 valence electrons. The molecule has 0 aromatic carbocycles. The number of piperidine rings is 1. The lowest BCUT2D eigenvalue weighted by atomic mass is 10.1. The number of methoxy groups -OCH3 is 1. The maximum Gasteiger partial charge on any atom is 0.409 e. The van der Waals surface area contributed by atoms with Crippen LogP contribution in [0.3, 0.4) is 0 Å². The van der Waals surface area contributed by atoms with Gasteiger partial charge in [0.2, 0.25) is 0 Å². The number of nitrogens with one attached hydrogen (secondary N) is 1. The van der Waals surface area contributed by atoms with E-state index in [1.807, 2.05) is 0 Å². The minimum Gasteiger partial charge on any atom is -0.453 e. The van der Waals surface area contributed by atoms with Gasteiger partial charge in [0, 0.05) is 31.5 Å². The Kier molecular flexibility index (Phi) is 5.22. The van der Waals surface area contributed by atoms with Crippen LogP contribution in [0.2, 0.25) is 0 Å². The Labute approximate surface area is 149 Å². The number of amides is 2. The van der Waals surface area contributed by atoms with E-state index in [-0.39, 0.29) is 18.0 Å². The first-order valence-corrected chi connectivity index (χ1v) is 8.78. The van der Waals surface area contributed by atoms with Crippen molar-refractivity contribution >= 4 is 23.3 Å². The second-order valence-electron chi connectivity index (χ2n) is 5.71. The molecule has 0 aliphatic carbocycles. The molecule has 0 spiro atoms. The second-order valence-corrected chi connectivity index (χ2v) is 6.71. The van der Waals surface area contributed by atoms with E-state index in [0.717, 1.165) is 0 Å². The summed E-state index contributed by atoms with van der Waals surface area (Å²) in [6.07, 6.45) is 4.37. The van der Waals surface area contributed by atoms with E-state index in [1.165, 1.54) is 18.4 Å². The lowest BCUT2D eigenvalue weighted by Crippen LogP contribution is -2.46. The fourth-order valence-corrected chi connectivity index (χ4v) is 3.62. The third-order valence-electron chi connectivity index (χ3n) is 4.02. The number of ether oxygens (including phenoxy) is 1. The molecule has 8 nitrogen and oxygen atoms in total. The molecule has 2 aromatic rings. The average molecular weight is 361 g/mol. The highest BCUT2D eigenvalue weighted by Gasteiger charge is 2.26. The van der Waals surface area contributed by atoms with Crippen molar-refractivity contribution in [2.24, 2.45) is 0 Å². The van der Waals surface area contributed by atoms with Gasteiger partial charge in [0.1, 0.15) is 4.88 Å². The van der Waals surface area contributed by atoms with Crippen molar-refractivity contribution < 1.29 is 14.3 Å². The first-order valence-electron chi connectivity index (χ1n) is 7.97. The van der Waals surface area contributed by atoms with E-state index in [2.05, 4.69) is 20.3 Å². The molecule has 0 saturated carbocycles. The molecule has 1 fully saturated rings. The van der Waals surface area contributed by atoms with Gasteiger partial charge in [-0.3, -0.25) is 4.79 Å². The molecule has 1 N–H and O–H groups in total. The molecule has 1 aliphatic rings.